The van der Waals surface area contributed by atoms with Gasteiger partial charge in [0.15, 0.2) is 17.6 Å². The molecule has 1 aromatic heterocycles. The molecule has 0 aliphatic rings. The number of carbonyl (C=O) groups is 1. The first-order chi connectivity index (χ1) is 14.0. The van der Waals surface area contributed by atoms with Crippen molar-refractivity contribution < 1.29 is 19.0 Å². The molecule has 9 nitrogen and oxygen atoms in total. The summed E-state index contributed by atoms with van der Waals surface area (Å²) in [6.07, 6.45) is 0.378. The smallest absolute Gasteiger partial charge is 0.349 e. The summed E-state index contributed by atoms with van der Waals surface area (Å²) in [6.45, 7) is 1.53. The Morgan fingerprint density at radius 2 is 1.90 bits per heavy atom. The summed E-state index contributed by atoms with van der Waals surface area (Å²) in [5.74, 6) is 0.00683. The molecule has 0 aliphatic heterocycles. The quantitative estimate of drug-likeness (QED) is 0.499. The Morgan fingerprint density at radius 3 is 2.62 bits per heavy atom. The van der Waals surface area contributed by atoms with Crippen LogP contribution in [0.2, 0.25) is 0 Å². The number of methoxy groups -OCH3 is 2. The van der Waals surface area contributed by atoms with Crippen LogP contribution in [0.15, 0.2) is 57.2 Å². The number of hydrogen-bond donors (Lipinski definition) is 1. The van der Waals surface area contributed by atoms with E-state index in [2.05, 4.69) is 14.8 Å². The molecular formula is C20H19N3O6. The topological polar surface area (TPSA) is 112 Å². The minimum Gasteiger partial charge on any atom is -0.493 e. The van der Waals surface area contributed by atoms with Gasteiger partial charge in [-0.05, 0) is 31.2 Å². The minimum absolute atomic E-state index is 0.224. The van der Waals surface area contributed by atoms with Crippen LogP contribution in [-0.4, -0.2) is 42.2 Å². The fraction of sp³-hybridized carbons (Fsp3) is 0.200. The lowest BCUT2D eigenvalue weighted by molar-refractivity contribution is -0.147. The Balaban J connectivity index is 2.06. The molecule has 0 fully saturated rings. The number of aromatic nitrogens is 2. The van der Waals surface area contributed by atoms with Crippen molar-refractivity contribution in [2.24, 2.45) is 5.10 Å². The Kier molecular flexibility index (Phi) is 5.77. The van der Waals surface area contributed by atoms with Crippen LogP contribution in [0.3, 0.4) is 0 Å². The number of rotatable bonds is 6. The molecule has 1 atom stereocenters. The number of H-pyrrole nitrogens is 1. The summed E-state index contributed by atoms with van der Waals surface area (Å²) in [4.78, 5) is 39.2. The molecule has 0 bridgehead atoms. The van der Waals surface area contributed by atoms with E-state index in [0.29, 0.717) is 22.2 Å². The van der Waals surface area contributed by atoms with Crippen molar-refractivity contribution in [3.8, 4) is 11.5 Å². The van der Waals surface area contributed by atoms with Gasteiger partial charge in [-0.2, -0.15) is 5.10 Å². The van der Waals surface area contributed by atoms with Crippen LogP contribution in [0.25, 0.3) is 10.9 Å². The van der Waals surface area contributed by atoms with Gasteiger partial charge in [0.05, 0.1) is 31.3 Å². The summed E-state index contributed by atoms with van der Waals surface area (Å²) in [5.41, 5.74) is -0.419. The number of esters is 1. The maximum atomic E-state index is 12.6. The van der Waals surface area contributed by atoms with E-state index >= 15 is 0 Å². The second-order valence-electron chi connectivity index (χ2n) is 6.00. The molecule has 0 unspecified atom stereocenters. The van der Waals surface area contributed by atoms with Crippen LogP contribution in [-0.2, 0) is 9.53 Å². The first-order valence-electron chi connectivity index (χ1n) is 8.66. The molecule has 0 radical (unpaired) electrons. The number of benzene rings is 2. The largest absolute Gasteiger partial charge is 0.493 e. The number of hydrogen-bond acceptors (Lipinski definition) is 7. The third-order valence-corrected chi connectivity index (χ3v) is 4.15. The van der Waals surface area contributed by atoms with Gasteiger partial charge in [0.1, 0.15) is 0 Å². The van der Waals surface area contributed by atoms with E-state index in [1.165, 1.54) is 27.4 Å². The first kappa shape index (κ1) is 19.9. The Morgan fingerprint density at radius 1 is 1.14 bits per heavy atom. The highest BCUT2D eigenvalue weighted by atomic mass is 16.6. The van der Waals surface area contributed by atoms with Crippen LogP contribution in [0.1, 0.15) is 12.5 Å². The highest BCUT2D eigenvalue weighted by Gasteiger charge is 2.19. The van der Waals surface area contributed by atoms with E-state index in [1.54, 1.807) is 42.5 Å². The third-order valence-electron chi connectivity index (χ3n) is 4.15. The summed E-state index contributed by atoms with van der Waals surface area (Å²) >= 11 is 0. The molecule has 0 saturated heterocycles. The standard InChI is InChI=1S/C20H19N3O6/c1-12(19(25)28-3)29-17-13(7-6-10-16(17)27-2)11-21-23-18(24)14-8-4-5-9-15(14)22-20(23)26/h4-12H,1-3H3,(H,22,26)/t12-/m1/s1. The first-order valence-corrected chi connectivity index (χ1v) is 8.66. The van der Waals surface area contributed by atoms with Gasteiger partial charge < -0.3 is 19.2 Å². The highest BCUT2D eigenvalue weighted by Crippen LogP contribution is 2.31. The number of nitrogens with zero attached hydrogens (tertiary/aromatic N) is 2. The second-order valence-corrected chi connectivity index (χ2v) is 6.00. The summed E-state index contributed by atoms with van der Waals surface area (Å²) in [7, 11) is 2.70. The lowest BCUT2D eigenvalue weighted by Gasteiger charge is -2.16. The Labute approximate surface area is 165 Å². The molecule has 1 heterocycles. The van der Waals surface area contributed by atoms with Gasteiger partial charge in [-0.25, -0.2) is 9.59 Å². The van der Waals surface area contributed by atoms with Crippen molar-refractivity contribution in [3.63, 3.8) is 0 Å². The molecule has 0 amide bonds. The highest BCUT2D eigenvalue weighted by molar-refractivity contribution is 5.86. The Bertz CT molecular complexity index is 1190. The molecule has 0 aliphatic carbocycles. The Hall–Kier alpha value is -3.88. The van der Waals surface area contributed by atoms with Gasteiger partial charge in [-0.15, -0.1) is 4.68 Å². The number of aromatic amines is 1. The fourth-order valence-electron chi connectivity index (χ4n) is 2.69. The lowest BCUT2D eigenvalue weighted by atomic mass is 10.2. The van der Waals surface area contributed by atoms with Gasteiger partial charge in [0.25, 0.3) is 5.56 Å². The zero-order valence-corrected chi connectivity index (χ0v) is 16.0. The van der Waals surface area contributed by atoms with Gasteiger partial charge in [-0.3, -0.25) is 4.79 Å². The van der Waals surface area contributed by atoms with Gasteiger partial charge in [-0.1, -0.05) is 18.2 Å². The fourth-order valence-corrected chi connectivity index (χ4v) is 2.69. The summed E-state index contributed by atoms with van der Waals surface area (Å²) in [6, 6.07) is 11.6. The van der Waals surface area contributed by atoms with Crippen molar-refractivity contribution in [1.82, 2.24) is 9.66 Å². The number of nitrogens with one attached hydrogen (secondary N) is 1. The van der Waals surface area contributed by atoms with Crippen LogP contribution >= 0.6 is 0 Å². The molecular weight excluding hydrogens is 378 g/mol. The average Bonchev–Trinajstić information content (AvgIpc) is 2.73. The normalized spacial score (nSPS) is 12.1. The lowest BCUT2D eigenvalue weighted by Crippen LogP contribution is -2.32. The molecule has 0 spiro atoms. The molecule has 29 heavy (non-hydrogen) atoms. The summed E-state index contributed by atoms with van der Waals surface area (Å²) in [5, 5.41) is 4.34. The number of para-hydroxylation sites is 2. The van der Waals surface area contributed by atoms with Crippen molar-refractivity contribution in [2.45, 2.75) is 13.0 Å². The predicted molar refractivity (Wildman–Crippen MR) is 107 cm³/mol. The number of carbonyl (C=O) groups excluding carboxylic acids is 1. The zero-order valence-electron chi connectivity index (χ0n) is 16.0. The van der Waals surface area contributed by atoms with Crippen molar-refractivity contribution in [3.05, 3.63) is 68.9 Å². The van der Waals surface area contributed by atoms with Crippen molar-refractivity contribution in [1.29, 1.82) is 0 Å². The van der Waals surface area contributed by atoms with E-state index < -0.39 is 23.3 Å². The molecule has 150 valence electrons. The maximum Gasteiger partial charge on any atom is 0.349 e. The van der Waals surface area contributed by atoms with Crippen molar-refractivity contribution in [2.75, 3.05) is 14.2 Å². The molecule has 1 N–H and O–H groups in total. The molecule has 0 saturated carbocycles. The predicted octanol–water partition coefficient (Wildman–Crippen LogP) is 1.52. The van der Waals surface area contributed by atoms with Gasteiger partial charge >= 0.3 is 11.7 Å². The van der Waals surface area contributed by atoms with E-state index in [-0.39, 0.29) is 5.75 Å². The van der Waals surface area contributed by atoms with E-state index in [4.69, 9.17) is 9.47 Å². The summed E-state index contributed by atoms with van der Waals surface area (Å²) < 4.78 is 16.3. The minimum atomic E-state index is -0.907. The third kappa shape index (κ3) is 4.03. The zero-order chi connectivity index (χ0) is 21.0. The molecule has 3 aromatic rings. The van der Waals surface area contributed by atoms with Crippen LogP contribution < -0.4 is 20.7 Å². The maximum absolute atomic E-state index is 12.6. The second kappa shape index (κ2) is 8.42. The van der Waals surface area contributed by atoms with E-state index in [9.17, 15) is 14.4 Å². The van der Waals surface area contributed by atoms with Crippen LogP contribution in [0.4, 0.5) is 0 Å². The SMILES string of the molecule is COC(=O)[C@@H](C)Oc1c(C=Nn2c(=O)[nH]c3ccccc3c2=O)cccc1OC. The molecule has 9 heteroatoms. The van der Waals surface area contributed by atoms with Crippen molar-refractivity contribution >= 4 is 23.1 Å². The molecule has 2 aromatic carbocycles. The van der Waals surface area contributed by atoms with Gasteiger partial charge in [0.2, 0.25) is 0 Å². The number of ether oxygens (including phenoxy) is 3. The monoisotopic (exact) mass is 397 g/mol. The number of fused-ring (bicyclic) bond motifs is 1. The van der Waals surface area contributed by atoms with E-state index in [0.717, 1.165) is 4.68 Å². The van der Waals surface area contributed by atoms with E-state index in [1.807, 2.05) is 0 Å². The van der Waals surface area contributed by atoms with Crippen LogP contribution in [0.5, 0.6) is 11.5 Å². The van der Waals surface area contributed by atoms with Crippen LogP contribution in [0, 0.1) is 0 Å². The van der Waals surface area contributed by atoms with Gasteiger partial charge in [0, 0.05) is 5.56 Å². The molecule has 3 rings (SSSR count). The average molecular weight is 397 g/mol.